The number of fused-ring (bicyclic) bond motifs is 3. The molecular weight excluding hydrogens is 865 g/mol. The molecule has 4 heteroatoms. The number of aryl methyl sites for hydroxylation is 3. The maximum absolute atomic E-state index is 12.6. The van der Waals surface area contributed by atoms with Gasteiger partial charge in [0.05, 0.1) is 22.7 Å². The average Bonchev–Trinajstić information content (AvgIpc) is 3.80. The van der Waals surface area contributed by atoms with E-state index in [-0.39, 0.29) is 5.75 Å². The first kappa shape index (κ1) is 42.0. The molecule has 0 aliphatic carbocycles. The average molecular weight is 913 g/mol. The summed E-state index contributed by atoms with van der Waals surface area (Å²) in [5.41, 5.74) is 17.1. The number of para-hydroxylation sites is 3. The maximum Gasteiger partial charge on any atom is 0.159 e. The molecule has 0 unspecified atom stereocenters. The van der Waals surface area contributed by atoms with Crippen molar-refractivity contribution in [3.8, 4) is 39.1 Å². The highest BCUT2D eigenvalue weighted by molar-refractivity contribution is 6.28. The molecule has 13 rings (SSSR count). The largest absolute Gasteiger partial charge is 0.505 e. The molecule has 0 aliphatic heterocycles. The maximum atomic E-state index is 12.6. The molecule has 1 N–H and O–H groups in total. The van der Waals surface area contributed by atoms with Crippen LogP contribution in [-0.4, -0.2) is 5.11 Å². The molecule has 71 heavy (non-hydrogen) atoms. The number of aromatic hydroxyl groups is 1. The van der Waals surface area contributed by atoms with Gasteiger partial charge in [-0.3, -0.25) is 0 Å². The van der Waals surface area contributed by atoms with Crippen molar-refractivity contribution in [2.75, 3.05) is 9.80 Å². The van der Waals surface area contributed by atoms with Crippen molar-refractivity contribution in [2.24, 2.45) is 0 Å². The Hall–Kier alpha value is -9.12. The third-order valence-electron chi connectivity index (χ3n) is 14.3. The summed E-state index contributed by atoms with van der Waals surface area (Å²) in [7, 11) is 0. The topological polar surface area (TPSA) is 39.9 Å². The summed E-state index contributed by atoms with van der Waals surface area (Å²) < 4.78 is 7.09. The standard InChI is InChI=1S/C67H48N2O2/c1-42-15-9-22-50(39-42)68(61-29-13-25-53(65(61)70)49-21-11-20-48(41-49)52-24-8-7-17-44(52)3)59-37-33-46-32-36-58-60(38-34-47-31-35-57(59)63(46)64(47)58)69(51-23-10-16-43(2)40-51)62-30-14-28-56-55-27-12-26-54(66(55)71-67(56)62)45-18-5-4-6-19-45/h4-41,70H,1-3H3. The van der Waals surface area contributed by atoms with Crippen LogP contribution in [-0.2, 0) is 0 Å². The zero-order chi connectivity index (χ0) is 47.7. The fraction of sp³-hybridized carbons (Fsp3) is 0.0448. The van der Waals surface area contributed by atoms with Crippen molar-refractivity contribution in [1.29, 1.82) is 0 Å². The van der Waals surface area contributed by atoms with Gasteiger partial charge in [-0.05, 0) is 136 Å². The van der Waals surface area contributed by atoms with Crippen LogP contribution < -0.4 is 9.80 Å². The monoisotopic (exact) mass is 912 g/mol. The number of benzene rings is 12. The van der Waals surface area contributed by atoms with E-state index < -0.39 is 0 Å². The molecule has 13 aromatic rings. The number of phenolic OH excluding ortho intramolecular Hbond substituents is 1. The first-order chi connectivity index (χ1) is 34.9. The number of rotatable bonds is 9. The van der Waals surface area contributed by atoms with E-state index in [9.17, 15) is 5.11 Å². The normalized spacial score (nSPS) is 11.6. The number of anilines is 6. The van der Waals surface area contributed by atoms with Crippen LogP contribution in [0.15, 0.2) is 235 Å². The number of phenols is 1. The van der Waals surface area contributed by atoms with Crippen LogP contribution in [0, 0.1) is 20.8 Å². The second-order valence-corrected chi connectivity index (χ2v) is 18.8. The summed E-state index contributed by atoms with van der Waals surface area (Å²) >= 11 is 0. The Kier molecular flexibility index (Phi) is 9.96. The number of furan rings is 1. The fourth-order valence-corrected chi connectivity index (χ4v) is 11.0. The first-order valence-electron chi connectivity index (χ1n) is 24.3. The van der Waals surface area contributed by atoms with Gasteiger partial charge in [0.2, 0.25) is 0 Å². The van der Waals surface area contributed by atoms with Crippen molar-refractivity contribution >= 4 is 88.4 Å². The van der Waals surface area contributed by atoms with Crippen molar-refractivity contribution in [3.63, 3.8) is 0 Å². The van der Waals surface area contributed by atoms with E-state index in [1.165, 1.54) is 22.1 Å². The minimum atomic E-state index is 0.216. The lowest BCUT2D eigenvalue weighted by Gasteiger charge is -2.30. The van der Waals surface area contributed by atoms with E-state index in [1.807, 2.05) is 12.1 Å². The van der Waals surface area contributed by atoms with Crippen LogP contribution >= 0.6 is 0 Å². The molecule has 0 atom stereocenters. The quantitative estimate of drug-likeness (QED) is 0.147. The summed E-state index contributed by atoms with van der Waals surface area (Å²) in [6.07, 6.45) is 0. The van der Waals surface area contributed by atoms with Gasteiger partial charge in [-0.2, -0.15) is 0 Å². The molecule has 1 aromatic heterocycles. The lowest BCUT2D eigenvalue weighted by atomic mass is 9.91. The molecule has 0 amide bonds. The highest BCUT2D eigenvalue weighted by Gasteiger charge is 2.26. The smallest absolute Gasteiger partial charge is 0.159 e. The van der Waals surface area contributed by atoms with E-state index in [2.05, 4.69) is 249 Å². The van der Waals surface area contributed by atoms with E-state index >= 15 is 0 Å². The second kappa shape index (κ2) is 16.8. The highest BCUT2D eigenvalue weighted by Crippen LogP contribution is 2.51. The number of hydrogen-bond acceptors (Lipinski definition) is 4. The van der Waals surface area contributed by atoms with Crippen molar-refractivity contribution in [3.05, 3.63) is 247 Å². The lowest BCUT2D eigenvalue weighted by molar-refractivity contribution is 0.478. The zero-order valence-corrected chi connectivity index (χ0v) is 39.7. The van der Waals surface area contributed by atoms with Gasteiger partial charge < -0.3 is 19.3 Å². The van der Waals surface area contributed by atoms with E-state index in [0.29, 0.717) is 5.69 Å². The third kappa shape index (κ3) is 6.98. The number of hydrogen-bond donors (Lipinski definition) is 1. The molecule has 0 saturated carbocycles. The van der Waals surface area contributed by atoms with Gasteiger partial charge in [0.15, 0.2) is 5.58 Å². The Bertz CT molecular complexity index is 4190. The van der Waals surface area contributed by atoms with Gasteiger partial charge in [-0.15, -0.1) is 0 Å². The van der Waals surface area contributed by atoms with Crippen molar-refractivity contribution < 1.29 is 9.52 Å². The molecule has 1 heterocycles. The molecule has 12 aromatic carbocycles. The van der Waals surface area contributed by atoms with E-state index in [0.717, 1.165) is 111 Å². The van der Waals surface area contributed by atoms with Gasteiger partial charge in [0, 0.05) is 44.0 Å². The van der Waals surface area contributed by atoms with Crippen molar-refractivity contribution in [2.45, 2.75) is 20.8 Å². The van der Waals surface area contributed by atoms with Crippen LogP contribution in [0.4, 0.5) is 34.1 Å². The van der Waals surface area contributed by atoms with Crippen LogP contribution in [0.1, 0.15) is 16.7 Å². The second-order valence-electron chi connectivity index (χ2n) is 18.8. The predicted octanol–water partition coefficient (Wildman–Crippen LogP) is 19.1. The zero-order valence-electron chi connectivity index (χ0n) is 39.7. The lowest BCUT2D eigenvalue weighted by Crippen LogP contribution is -2.12. The Morgan fingerprint density at radius 3 is 1.49 bits per heavy atom. The summed E-state index contributed by atoms with van der Waals surface area (Å²) in [6, 6.07) is 81.8. The molecular formula is C67H48N2O2. The minimum Gasteiger partial charge on any atom is -0.505 e. The Morgan fingerprint density at radius 1 is 0.338 bits per heavy atom. The highest BCUT2D eigenvalue weighted by atomic mass is 16.3. The predicted molar refractivity (Wildman–Crippen MR) is 299 cm³/mol. The van der Waals surface area contributed by atoms with E-state index in [4.69, 9.17) is 4.42 Å². The third-order valence-corrected chi connectivity index (χ3v) is 14.3. The van der Waals surface area contributed by atoms with Gasteiger partial charge >= 0.3 is 0 Å². The van der Waals surface area contributed by atoms with Crippen LogP contribution in [0.2, 0.25) is 0 Å². The Balaban J connectivity index is 1.02. The van der Waals surface area contributed by atoms with E-state index in [1.54, 1.807) is 0 Å². The fourth-order valence-electron chi connectivity index (χ4n) is 11.0. The summed E-state index contributed by atoms with van der Waals surface area (Å²) in [5, 5.41) is 21.6. The van der Waals surface area contributed by atoms with Crippen LogP contribution in [0.5, 0.6) is 5.75 Å². The number of nitrogens with zero attached hydrogens (tertiary/aromatic N) is 2. The SMILES string of the molecule is Cc1cccc(N(c2cccc(-c3cccc(-c4ccccc4C)c3)c2O)c2ccc3ccc4c(N(c5cccc(C)c5)c5cccc6c5oc5c(-c7ccccc7)cccc56)ccc5ccc2c3c54)c1. The van der Waals surface area contributed by atoms with Gasteiger partial charge in [-0.1, -0.05) is 176 Å². The van der Waals surface area contributed by atoms with Crippen molar-refractivity contribution in [1.82, 2.24) is 0 Å². The minimum absolute atomic E-state index is 0.216. The summed E-state index contributed by atoms with van der Waals surface area (Å²) in [6.45, 7) is 6.41. The summed E-state index contributed by atoms with van der Waals surface area (Å²) in [4.78, 5) is 4.61. The summed E-state index contributed by atoms with van der Waals surface area (Å²) in [5.74, 6) is 0.216. The van der Waals surface area contributed by atoms with Gasteiger partial charge in [-0.25, -0.2) is 0 Å². The molecule has 4 nitrogen and oxygen atoms in total. The Labute approximate surface area is 412 Å². The molecule has 0 fully saturated rings. The first-order valence-corrected chi connectivity index (χ1v) is 24.3. The molecule has 0 saturated heterocycles. The Morgan fingerprint density at radius 2 is 0.831 bits per heavy atom. The van der Waals surface area contributed by atoms with Gasteiger partial charge in [0.25, 0.3) is 0 Å². The molecule has 0 bridgehead atoms. The molecule has 338 valence electrons. The molecule has 0 radical (unpaired) electrons. The molecule has 0 spiro atoms. The van der Waals surface area contributed by atoms with Crippen LogP contribution in [0.25, 0.3) is 87.6 Å². The van der Waals surface area contributed by atoms with Crippen LogP contribution in [0.3, 0.4) is 0 Å². The molecule has 0 aliphatic rings. The van der Waals surface area contributed by atoms with Gasteiger partial charge in [0.1, 0.15) is 11.3 Å².